The van der Waals surface area contributed by atoms with Crippen molar-refractivity contribution in [2.45, 2.75) is 6.92 Å². The number of aliphatic imine (C=N–C) groups is 1. The van der Waals surface area contributed by atoms with E-state index in [0.717, 1.165) is 16.1 Å². The second kappa shape index (κ2) is 4.47. The van der Waals surface area contributed by atoms with Crippen LogP contribution in [0.3, 0.4) is 0 Å². The number of ether oxygens (including phenoxy) is 1. The summed E-state index contributed by atoms with van der Waals surface area (Å²) in [5, 5.41) is 6.04. The molecule has 3 heterocycles. The summed E-state index contributed by atoms with van der Waals surface area (Å²) >= 11 is 1.49. The van der Waals surface area contributed by atoms with Crippen LogP contribution in [0.1, 0.15) is 16.1 Å². The number of nitrogens with zero attached hydrogens (tertiary/aromatic N) is 3. The van der Waals surface area contributed by atoms with E-state index < -0.39 is 5.97 Å². The van der Waals surface area contributed by atoms with E-state index in [1.54, 1.807) is 17.0 Å². The number of thiophene rings is 1. The van der Waals surface area contributed by atoms with Gasteiger partial charge in [-0.15, -0.1) is 11.3 Å². The first-order valence-corrected chi connectivity index (χ1v) is 6.58. The van der Waals surface area contributed by atoms with Gasteiger partial charge in [0.15, 0.2) is 5.70 Å². The summed E-state index contributed by atoms with van der Waals surface area (Å²) in [4.78, 5) is 16.9. The molecule has 5 nitrogen and oxygen atoms in total. The zero-order chi connectivity index (χ0) is 13.4. The molecule has 0 aliphatic carbocycles. The highest BCUT2D eigenvalue weighted by atomic mass is 32.1. The first kappa shape index (κ1) is 11.9. The Morgan fingerprint density at radius 3 is 2.95 bits per heavy atom. The fourth-order valence-corrected chi connectivity index (χ4v) is 2.37. The summed E-state index contributed by atoms with van der Waals surface area (Å²) in [7, 11) is 1.85. The van der Waals surface area contributed by atoms with Crippen molar-refractivity contribution in [1.82, 2.24) is 9.78 Å². The smallest absolute Gasteiger partial charge is 0.363 e. The molecule has 2 aromatic heterocycles. The highest BCUT2D eigenvalue weighted by Crippen LogP contribution is 2.22. The first-order chi connectivity index (χ1) is 9.15. The maximum absolute atomic E-state index is 11.8. The Labute approximate surface area is 113 Å². The molecule has 2 aromatic rings. The van der Waals surface area contributed by atoms with Crippen LogP contribution in [-0.2, 0) is 16.6 Å². The minimum absolute atomic E-state index is 0.305. The number of carbonyl (C=O) groups is 1. The van der Waals surface area contributed by atoms with Gasteiger partial charge in [0.05, 0.1) is 11.1 Å². The third-order valence-corrected chi connectivity index (χ3v) is 3.78. The number of aromatic nitrogens is 2. The number of carbonyl (C=O) groups excluding carboxylic acids is 1. The molecule has 0 amide bonds. The lowest BCUT2D eigenvalue weighted by Gasteiger charge is -1.94. The summed E-state index contributed by atoms with van der Waals surface area (Å²) in [5.41, 5.74) is 2.14. The van der Waals surface area contributed by atoms with Crippen LogP contribution in [0.4, 0.5) is 0 Å². The quantitative estimate of drug-likeness (QED) is 0.622. The summed E-state index contributed by atoms with van der Waals surface area (Å²) in [5.74, 6) is -0.0561. The minimum Gasteiger partial charge on any atom is -0.401 e. The van der Waals surface area contributed by atoms with Crippen LogP contribution in [-0.4, -0.2) is 21.6 Å². The molecule has 0 fully saturated rings. The van der Waals surface area contributed by atoms with Gasteiger partial charge in [0.2, 0.25) is 5.90 Å². The minimum atomic E-state index is -0.424. The fourth-order valence-electron chi connectivity index (χ4n) is 1.72. The van der Waals surface area contributed by atoms with Gasteiger partial charge in [-0.1, -0.05) is 6.07 Å². The Kier molecular flexibility index (Phi) is 2.79. The van der Waals surface area contributed by atoms with E-state index in [9.17, 15) is 4.79 Å². The topological polar surface area (TPSA) is 56.5 Å². The van der Waals surface area contributed by atoms with Crippen molar-refractivity contribution in [3.05, 3.63) is 45.5 Å². The van der Waals surface area contributed by atoms with E-state index in [1.807, 2.05) is 31.5 Å². The molecule has 0 saturated heterocycles. The van der Waals surface area contributed by atoms with E-state index in [2.05, 4.69) is 10.1 Å². The summed E-state index contributed by atoms with van der Waals surface area (Å²) in [6.45, 7) is 1.93. The van der Waals surface area contributed by atoms with Crippen LogP contribution in [0.2, 0.25) is 0 Å². The predicted octanol–water partition coefficient (Wildman–Crippen LogP) is 2.13. The Bertz CT molecular complexity index is 696. The van der Waals surface area contributed by atoms with Crippen molar-refractivity contribution in [3.8, 4) is 0 Å². The Morgan fingerprint density at radius 1 is 1.47 bits per heavy atom. The SMILES string of the molecule is Cc1c(/C=C2/N=C(c3cccs3)OC2=O)cnn1C. The van der Waals surface area contributed by atoms with Crippen LogP contribution < -0.4 is 0 Å². The molecule has 0 spiro atoms. The van der Waals surface area contributed by atoms with E-state index >= 15 is 0 Å². The van der Waals surface area contributed by atoms with Crippen LogP contribution in [0, 0.1) is 6.92 Å². The third-order valence-electron chi connectivity index (χ3n) is 2.92. The molecule has 6 heteroatoms. The largest absolute Gasteiger partial charge is 0.401 e. The van der Waals surface area contributed by atoms with Crippen LogP contribution in [0.15, 0.2) is 34.4 Å². The Morgan fingerprint density at radius 2 is 2.32 bits per heavy atom. The maximum Gasteiger partial charge on any atom is 0.363 e. The van der Waals surface area contributed by atoms with E-state index in [-0.39, 0.29) is 0 Å². The van der Waals surface area contributed by atoms with E-state index in [1.165, 1.54) is 11.3 Å². The molecular formula is C13H11N3O2S. The second-order valence-electron chi connectivity index (χ2n) is 4.12. The average molecular weight is 273 g/mol. The molecule has 1 aliphatic rings. The Hall–Kier alpha value is -2.21. The molecule has 0 radical (unpaired) electrons. The van der Waals surface area contributed by atoms with Gasteiger partial charge in [0.1, 0.15) is 0 Å². The molecule has 0 aromatic carbocycles. The van der Waals surface area contributed by atoms with Gasteiger partial charge >= 0.3 is 5.97 Å². The van der Waals surface area contributed by atoms with Gasteiger partial charge in [-0.3, -0.25) is 4.68 Å². The lowest BCUT2D eigenvalue weighted by atomic mass is 10.2. The fraction of sp³-hybridized carbons (Fsp3) is 0.154. The predicted molar refractivity (Wildman–Crippen MR) is 72.9 cm³/mol. The number of rotatable bonds is 2. The van der Waals surface area contributed by atoms with Gasteiger partial charge in [-0.05, 0) is 24.4 Å². The number of aryl methyl sites for hydroxylation is 1. The second-order valence-corrected chi connectivity index (χ2v) is 5.07. The van der Waals surface area contributed by atoms with Crippen LogP contribution >= 0.6 is 11.3 Å². The van der Waals surface area contributed by atoms with Crippen molar-refractivity contribution in [1.29, 1.82) is 0 Å². The highest BCUT2D eigenvalue weighted by molar-refractivity contribution is 7.12. The summed E-state index contributed by atoms with van der Waals surface area (Å²) < 4.78 is 6.91. The van der Waals surface area contributed by atoms with E-state index in [4.69, 9.17) is 4.74 Å². The van der Waals surface area contributed by atoms with Crippen molar-refractivity contribution in [3.63, 3.8) is 0 Å². The maximum atomic E-state index is 11.8. The van der Waals surface area contributed by atoms with Gasteiger partial charge in [-0.25, -0.2) is 9.79 Å². The summed E-state index contributed by atoms with van der Waals surface area (Å²) in [6.07, 6.45) is 3.40. The van der Waals surface area contributed by atoms with Gasteiger partial charge in [0, 0.05) is 18.3 Å². The normalized spacial score (nSPS) is 16.8. The zero-order valence-electron chi connectivity index (χ0n) is 10.5. The molecule has 0 N–H and O–H groups in total. The first-order valence-electron chi connectivity index (χ1n) is 5.70. The van der Waals surface area contributed by atoms with Crippen molar-refractivity contribution in [2.75, 3.05) is 0 Å². The lowest BCUT2D eigenvalue weighted by Crippen LogP contribution is -2.03. The summed E-state index contributed by atoms with van der Waals surface area (Å²) in [6, 6.07) is 3.76. The third kappa shape index (κ3) is 2.10. The van der Waals surface area contributed by atoms with Crippen LogP contribution in [0.25, 0.3) is 6.08 Å². The molecule has 0 saturated carbocycles. The Balaban J connectivity index is 1.97. The van der Waals surface area contributed by atoms with Crippen molar-refractivity contribution >= 4 is 29.3 Å². The molecule has 0 unspecified atom stereocenters. The highest BCUT2D eigenvalue weighted by Gasteiger charge is 2.25. The number of cyclic esters (lactones) is 1. The standard InChI is InChI=1S/C13H11N3O2S/c1-8-9(7-14-16(8)2)6-10-13(17)18-12(15-10)11-4-3-5-19-11/h3-7H,1-2H3/b10-6+. The van der Waals surface area contributed by atoms with Gasteiger partial charge in [-0.2, -0.15) is 5.10 Å². The van der Waals surface area contributed by atoms with Gasteiger partial charge in [0.25, 0.3) is 0 Å². The van der Waals surface area contributed by atoms with Crippen molar-refractivity contribution < 1.29 is 9.53 Å². The zero-order valence-corrected chi connectivity index (χ0v) is 11.3. The molecule has 0 bridgehead atoms. The number of esters is 1. The number of hydrogen-bond acceptors (Lipinski definition) is 5. The molecule has 19 heavy (non-hydrogen) atoms. The molecule has 1 aliphatic heterocycles. The molecule has 3 rings (SSSR count). The lowest BCUT2D eigenvalue weighted by molar-refractivity contribution is -0.129. The molecular weight excluding hydrogens is 262 g/mol. The molecule has 96 valence electrons. The van der Waals surface area contributed by atoms with Gasteiger partial charge < -0.3 is 4.74 Å². The number of hydrogen-bond donors (Lipinski definition) is 0. The average Bonchev–Trinajstić information content (AvgIpc) is 3.08. The molecule has 0 atom stereocenters. The monoisotopic (exact) mass is 273 g/mol. The van der Waals surface area contributed by atoms with Crippen LogP contribution in [0.5, 0.6) is 0 Å². The van der Waals surface area contributed by atoms with Crippen molar-refractivity contribution in [2.24, 2.45) is 12.0 Å². The van der Waals surface area contributed by atoms with E-state index in [0.29, 0.717) is 11.6 Å².